The van der Waals surface area contributed by atoms with Crippen LogP contribution in [0.4, 0.5) is 0 Å². The number of phenols is 1. The van der Waals surface area contributed by atoms with Crippen molar-refractivity contribution < 1.29 is 14.9 Å². The van der Waals surface area contributed by atoms with Crippen LogP contribution in [0.2, 0.25) is 0 Å². The van der Waals surface area contributed by atoms with Crippen LogP contribution in [0.25, 0.3) is 0 Å². The number of aliphatic hydroxyl groups excluding tert-OH is 1. The van der Waals surface area contributed by atoms with E-state index in [0.29, 0.717) is 12.4 Å². The lowest BCUT2D eigenvalue weighted by molar-refractivity contribution is -0.114. The Bertz CT molecular complexity index is 508. The molecule has 1 aromatic rings. The van der Waals surface area contributed by atoms with Gasteiger partial charge < -0.3 is 14.9 Å². The first-order valence-electron chi connectivity index (χ1n) is 6.82. The fourth-order valence-corrected chi connectivity index (χ4v) is 3.30. The van der Waals surface area contributed by atoms with E-state index in [1.807, 2.05) is 18.2 Å². The van der Waals surface area contributed by atoms with Gasteiger partial charge in [-0.05, 0) is 25.8 Å². The van der Waals surface area contributed by atoms with Gasteiger partial charge in [-0.3, -0.25) is 0 Å². The summed E-state index contributed by atoms with van der Waals surface area (Å²) in [5.41, 5.74) is 2.04. The maximum Gasteiger partial charge on any atom is 0.121 e. The Morgan fingerprint density at radius 1 is 1.37 bits per heavy atom. The summed E-state index contributed by atoms with van der Waals surface area (Å²) in [6.07, 6.45) is 3.95. The third-order valence-corrected chi connectivity index (χ3v) is 4.61. The van der Waals surface area contributed by atoms with Gasteiger partial charge >= 0.3 is 0 Å². The van der Waals surface area contributed by atoms with Crippen LogP contribution in [0.3, 0.4) is 0 Å². The van der Waals surface area contributed by atoms with Gasteiger partial charge in [-0.2, -0.15) is 0 Å². The maximum atomic E-state index is 10.0. The molecule has 19 heavy (non-hydrogen) atoms. The van der Waals surface area contributed by atoms with Crippen LogP contribution in [-0.2, 0) is 4.74 Å². The Balaban J connectivity index is 1.96. The van der Waals surface area contributed by atoms with Crippen molar-refractivity contribution in [3.8, 4) is 5.75 Å². The molecule has 0 unspecified atom stereocenters. The van der Waals surface area contributed by atoms with Gasteiger partial charge in [0.1, 0.15) is 5.75 Å². The molecule has 1 aliphatic heterocycles. The molecule has 3 nitrogen and oxygen atoms in total. The van der Waals surface area contributed by atoms with Gasteiger partial charge in [0.25, 0.3) is 0 Å². The summed E-state index contributed by atoms with van der Waals surface area (Å²) in [6, 6.07) is 7.37. The molecule has 2 N–H and O–H groups in total. The number of allylic oxidation sites excluding steroid dienone is 1. The zero-order valence-electron chi connectivity index (χ0n) is 11.2. The van der Waals surface area contributed by atoms with Gasteiger partial charge in [0.15, 0.2) is 0 Å². The minimum Gasteiger partial charge on any atom is -0.508 e. The molecular formula is C16H20O3. The van der Waals surface area contributed by atoms with Crippen molar-refractivity contribution in [2.24, 2.45) is 11.3 Å². The van der Waals surface area contributed by atoms with Gasteiger partial charge in [0.05, 0.1) is 19.3 Å². The summed E-state index contributed by atoms with van der Waals surface area (Å²) in [5, 5.41) is 19.7. The number of fused-ring (bicyclic) bond motifs is 2. The van der Waals surface area contributed by atoms with Crippen molar-refractivity contribution in [2.45, 2.75) is 25.9 Å². The van der Waals surface area contributed by atoms with E-state index in [4.69, 9.17) is 4.74 Å². The van der Waals surface area contributed by atoms with Crippen LogP contribution >= 0.6 is 0 Å². The average Bonchev–Trinajstić information content (AvgIpc) is 2.45. The minimum atomic E-state index is -0.120. The van der Waals surface area contributed by atoms with E-state index in [0.717, 1.165) is 18.4 Å². The lowest BCUT2D eigenvalue weighted by Gasteiger charge is -2.47. The van der Waals surface area contributed by atoms with Crippen molar-refractivity contribution in [3.63, 3.8) is 0 Å². The van der Waals surface area contributed by atoms with Crippen LogP contribution in [-0.4, -0.2) is 23.4 Å². The predicted octanol–water partition coefficient (Wildman–Crippen LogP) is 2.80. The van der Waals surface area contributed by atoms with Crippen molar-refractivity contribution in [2.75, 3.05) is 13.2 Å². The molecule has 1 fully saturated rings. The number of ether oxygens (including phenoxy) is 1. The van der Waals surface area contributed by atoms with Crippen molar-refractivity contribution >= 4 is 0 Å². The van der Waals surface area contributed by atoms with Crippen molar-refractivity contribution in [1.82, 2.24) is 0 Å². The summed E-state index contributed by atoms with van der Waals surface area (Å²) in [7, 11) is 0. The van der Waals surface area contributed by atoms with Gasteiger partial charge in [-0.25, -0.2) is 0 Å². The first kappa shape index (κ1) is 12.7. The zero-order chi connectivity index (χ0) is 13.5. The highest BCUT2D eigenvalue weighted by Gasteiger charge is 2.45. The second-order valence-corrected chi connectivity index (χ2v) is 5.91. The van der Waals surface area contributed by atoms with Gasteiger partial charge in [-0.15, -0.1) is 0 Å². The third kappa shape index (κ3) is 2.07. The molecule has 3 heteroatoms. The van der Waals surface area contributed by atoms with Gasteiger partial charge in [0, 0.05) is 16.9 Å². The number of phenolic OH excluding ortho intramolecular Hbond substituents is 1. The minimum absolute atomic E-state index is 0.0996. The fourth-order valence-electron chi connectivity index (χ4n) is 3.30. The fraction of sp³-hybridized carbons (Fsp3) is 0.500. The standard InChI is InChI=1S/C16H20O3/c1-11-6-7-16(9-17)8-13(11)15(19-10-16)12-4-2-3-5-14(12)18/h2-6,13,15,17-18H,7-10H2,1H3/t13-,15-,16+/m1/s1. The monoisotopic (exact) mass is 260 g/mol. The Hall–Kier alpha value is -1.32. The molecule has 2 bridgehead atoms. The summed E-state index contributed by atoms with van der Waals surface area (Å²) >= 11 is 0. The van der Waals surface area contributed by atoms with Gasteiger partial charge in [-0.1, -0.05) is 29.8 Å². The molecule has 0 spiro atoms. The average molecular weight is 260 g/mol. The normalized spacial score (nSPS) is 33.9. The topological polar surface area (TPSA) is 49.7 Å². The number of benzene rings is 1. The van der Waals surface area contributed by atoms with E-state index in [-0.39, 0.29) is 24.0 Å². The van der Waals surface area contributed by atoms with Crippen molar-refractivity contribution in [1.29, 1.82) is 0 Å². The van der Waals surface area contributed by atoms with Crippen LogP contribution in [0.15, 0.2) is 35.9 Å². The maximum absolute atomic E-state index is 10.0. The Morgan fingerprint density at radius 2 is 2.16 bits per heavy atom. The highest BCUT2D eigenvalue weighted by Crippen LogP contribution is 2.51. The van der Waals surface area contributed by atoms with Crippen LogP contribution in [0.5, 0.6) is 5.75 Å². The Labute approximate surface area is 113 Å². The highest BCUT2D eigenvalue weighted by atomic mass is 16.5. The SMILES string of the molecule is CC1=CC[C@]2(CO)CO[C@H](c3ccccc3O)[C@@H]1C2. The highest BCUT2D eigenvalue weighted by molar-refractivity contribution is 5.36. The number of aliphatic hydroxyl groups is 1. The number of aromatic hydroxyl groups is 1. The first-order chi connectivity index (χ1) is 9.15. The first-order valence-corrected chi connectivity index (χ1v) is 6.82. The Kier molecular flexibility index (Phi) is 3.11. The molecule has 0 aromatic heterocycles. The van der Waals surface area contributed by atoms with Crippen molar-refractivity contribution in [3.05, 3.63) is 41.5 Å². The molecule has 1 aromatic carbocycles. The number of para-hydroxylation sites is 1. The van der Waals surface area contributed by atoms with E-state index >= 15 is 0 Å². The van der Waals surface area contributed by atoms with E-state index < -0.39 is 0 Å². The molecule has 1 aliphatic carbocycles. The molecule has 2 aliphatic rings. The Morgan fingerprint density at radius 3 is 2.89 bits per heavy atom. The molecule has 1 heterocycles. The molecular weight excluding hydrogens is 240 g/mol. The second-order valence-electron chi connectivity index (χ2n) is 5.91. The molecule has 0 amide bonds. The summed E-state index contributed by atoms with van der Waals surface area (Å²) in [4.78, 5) is 0. The van der Waals surface area contributed by atoms with E-state index in [9.17, 15) is 10.2 Å². The smallest absolute Gasteiger partial charge is 0.121 e. The van der Waals surface area contributed by atoms with Gasteiger partial charge in [0.2, 0.25) is 0 Å². The quantitative estimate of drug-likeness (QED) is 0.804. The summed E-state index contributed by atoms with van der Waals surface area (Å²) in [6.45, 7) is 2.84. The number of hydrogen-bond donors (Lipinski definition) is 2. The zero-order valence-corrected chi connectivity index (χ0v) is 11.2. The van der Waals surface area contributed by atoms with E-state index in [1.165, 1.54) is 5.57 Å². The molecule has 1 saturated heterocycles. The predicted molar refractivity (Wildman–Crippen MR) is 72.8 cm³/mol. The molecule has 102 valence electrons. The van der Waals surface area contributed by atoms with E-state index in [2.05, 4.69) is 13.0 Å². The summed E-state index contributed by atoms with van der Waals surface area (Å²) < 4.78 is 6.02. The third-order valence-electron chi connectivity index (χ3n) is 4.61. The van der Waals surface area contributed by atoms with Crippen LogP contribution in [0, 0.1) is 11.3 Å². The second kappa shape index (κ2) is 4.66. The largest absolute Gasteiger partial charge is 0.508 e. The van der Waals surface area contributed by atoms with Crippen LogP contribution < -0.4 is 0 Å². The molecule has 0 radical (unpaired) electrons. The lowest BCUT2D eigenvalue weighted by Crippen LogP contribution is -2.43. The molecule has 0 saturated carbocycles. The molecule has 3 rings (SSSR count). The van der Waals surface area contributed by atoms with Crippen LogP contribution in [0.1, 0.15) is 31.4 Å². The van der Waals surface area contributed by atoms with E-state index in [1.54, 1.807) is 6.07 Å². The molecule has 3 atom stereocenters. The number of hydrogen-bond acceptors (Lipinski definition) is 3. The number of rotatable bonds is 2. The lowest BCUT2D eigenvalue weighted by atomic mass is 9.66. The summed E-state index contributed by atoms with van der Waals surface area (Å²) in [5.74, 6) is 0.547.